The molecule has 0 unspecified atom stereocenters. The van der Waals surface area contributed by atoms with E-state index in [0.29, 0.717) is 46.8 Å². The van der Waals surface area contributed by atoms with Crippen LogP contribution in [0.4, 0.5) is 0 Å². The Kier molecular flexibility index (Phi) is 4.56. The molecular weight excluding hydrogens is 324 g/mol. The number of furan rings is 1. The molecule has 1 aromatic carbocycles. The summed E-state index contributed by atoms with van der Waals surface area (Å²) in [5.74, 6) is -0.245. The van der Waals surface area contributed by atoms with Crippen LogP contribution in [0.1, 0.15) is 50.6 Å². The second-order valence-electron chi connectivity index (χ2n) is 5.74. The fourth-order valence-corrected chi connectivity index (χ4v) is 2.91. The van der Waals surface area contributed by atoms with E-state index in [2.05, 4.69) is 10.5 Å². The number of methoxy groups -OCH3 is 1. The molecule has 3 rings (SSSR count). The molecular formula is C18H18N2O5. The van der Waals surface area contributed by atoms with Crippen molar-refractivity contribution in [1.29, 1.82) is 0 Å². The van der Waals surface area contributed by atoms with Gasteiger partial charge in [0.05, 0.1) is 12.8 Å². The first-order valence-electron chi connectivity index (χ1n) is 7.88. The summed E-state index contributed by atoms with van der Waals surface area (Å²) in [4.78, 5) is 23.5. The highest BCUT2D eigenvalue weighted by Gasteiger charge is 2.27. The molecule has 0 aliphatic heterocycles. The molecule has 0 atom stereocenters. The molecule has 0 saturated carbocycles. The van der Waals surface area contributed by atoms with Crippen molar-refractivity contribution in [3.8, 4) is 5.75 Å². The van der Waals surface area contributed by atoms with E-state index in [4.69, 9.17) is 9.15 Å². The van der Waals surface area contributed by atoms with E-state index in [9.17, 15) is 14.7 Å². The van der Waals surface area contributed by atoms with Crippen LogP contribution in [0.25, 0.3) is 0 Å². The molecule has 2 aromatic rings. The van der Waals surface area contributed by atoms with Gasteiger partial charge in [0, 0.05) is 23.1 Å². The van der Waals surface area contributed by atoms with Crippen LogP contribution in [-0.4, -0.2) is 29.8 Å². The maximum atomic E-state index is 12.2. The van der Waals surface area contributed by atoms with Gasteiger partial charge in [-0.05, 0) is 44.0 Å². The first-order valence-corrected chi connectivity index (χ1v) is 7.88. The lowest BCUT2D eigenvalue weighted by atomic mass is 9.93. The number of carboxylic acids is 1. The van der Waals surface area contributed by atoms with Crippen LogP contribution < -0.4 is 10.2 Å². The van der Waals surface area contributed by atoms with Crippen LogP contribution in [0.5, 0.6) is 5.75 Å². The van der Waals surface area contributed by atoms with Gasteiger partial charge in [-0.1, -0.05) is 0 Å². The summed E-state index contributed by atoms with van der Waals surface area (Å²) in [5, 5.41) is 13.4. The Labute approximate surface area is 144 Å². The van der Waals surface area contributed by atoms with Crippen LogP contribution in [0.3, 0.4) is 0 Å². The van der Waals surface area contributed by atoms with Crippen molar-refractivity contribution in [2.75, 3.05) is 7.11 Å². The Morgan fingerprint density at radius 1 is 1.24 bits per heavy atom. The molecule has 1 aromatic heterocycles. The molecule has 1 amide bonds. The van der Waals surface area contributed by atoms with Crippen molar-refractivity contribution in [1.82, 2.24) is 5.43 Å². The van der Waals surface area contributed by atoms with E-state index in [1.165, 1.54) is 0 Å². The van der Waals surface area contributed by atoms with Gasteiger partial charge in [-0.3, -0.25) is 4.79 Å². The summed E-state index contributed by atoms with van der Waals surface area (Å²) in [6.45, 7) is 1.69. The Morgan fingerprint density at radius 3 is 2.60 bits per heavy atom. The minimum absolute atomic E-state index is 0.0684. The zero-order chi connectivity index (χ0) is 18.0. The zero-order valence-electron chi connectivity index (χ0n) is 14.0. The van der Waals surface area contributed by atoms with Gasteiger partial charge >= 0.3 is 5.97 Å². The number of fused-ring (bicyclic) bond motifs is 1. The van der Waals surface area contributed by atoms with Gasteiger partial charge in [0.1, 0.15) is 11.5 Å². The third kappa shape index (κ3) is 3.26. The third-order valence-electron chi connectivity index (χ3n) is 4.16. The number of aromatic carboxylic acids is 1. The highest BCUT2D eigenvalue weighted by Crippen LogP contribution is 2.29. The number of carbonyl (C=O) groups is 2. The Balaban J connectivity index is 1.83. The van der Waals surface area contributed by atoms with Crippen LogP contribution in [-0.2, 0) is 6.42 Å². The number of ether oxygens (including phenoxy) is 1. The van der Waals surface area contributed by atoms with Gasteiger partial charge in [-0.15, -0.1) is 0 Å². The number of aryl methyl sites for hydroxylation is 1. The lowest BCUT2D eigenvalue weighted by Crippen LogP contribution is -2.22. The van der Waals surface area contributed by atoms with Gasteiger partial charge < -0.3 is 14.3 Å². The molecule has 0 spiro atoms. The zero-order valence-corrected chi connectivity index (χ0v) is 14.0. The molecule has 2 N–H and O–H groups in total. The number of nitrogens with one attached hydrogen (secondary N) is 1. The van der Waals surface area contributed by atoms with Crippen molar-refractivity contribution >= 4 is 17.6 Å². The molecule has 0 bridgehead atoms. The molecule has 1 aliphatic rings. The maximum absolute atomic E-state index is 12.2. The number of benzene rings is 1. The molecule has 130 valence electrons. The Morgan fingerprint density at radius 2 is 1.96 bits per heavy atom. The van der Waals surface area contributed by atoms with Crippen molar-refractivity contribution in [2.45, 2.75) is 26.2 Å². The lowest BCUT2D eigenvalue weighted by molar-refractivity contribution is 0.0659. The van der Waals surface area contributed by atoms with E-state index in [-0.39, 0.29) is 11.7 Å². The fourth-order valence-electron chi connectivity index (χ4n) is 2.91. The minimum Gasteiger partial charge on any atom is -0.497 e. The minimum atomic E-state index is -1.10. The summed E-state index contributed by atoms with van der Waals surface area (Å²) in [6, 6.07) is 6.68. The summed E-state index contributed by atoms with van der Waals surface area (Å²) in [7, 11) is 1.56. The van der Waals surface area contributed by atoms with Gasteiger partial charge in [-0.2, -0.15) is 5.10 Å². The smallest absolute Gasteiger partial charge is 0.372 e. The third-order valence-corrected chi connectivity index (χ3v) is 4.16. The number of hydrogen-bond donors (Lipinski definition) is 2. The monoisotopic (exact) mass is 342 g/mol. The average molecular weight is 342 g/mol. The van der Waals surface area contributed by atoms with E-state index in [1.807, 2.05) is 0 Å². The van der Waals surface area contributed by atoms with Gasteiger partial charge in [-0.25, -0.2) is 10.2 Å². The summed E-state index contributed by atoms with van der Waals surface area (Å²) in [5.41, 5.74) is 4.86. The fraction of sp³-hybridized carbons (Fsp3) is 0.278. The summed E-state index contributed by atoms with van der Waals surface area (Å²) >= 11 is 0. The molecule has 0 fully saturated rings. The number of hydrazone groups is 1. The highest BCUT2D eigenvalue weighted by molar-refractivity contribution is 6.06. The predicted octanol–water partition coefficient (Wildman–Crippen LogP) is 2.77. The normalized spacial score (nSPS) is 14.9. The van der Waals surface area contributed by atoms with Crippen LogP contribution in [0, 0.1) is 6.92 Å². The summed E-state index contributed by atoms with van der Waals surface area (Å²) in [6.07, 6.45) is 2.10. The van der Waals surface area contributed by atoms with E-state index in [1.54, 1.807) is 38.3 Å². The second-order valence-corrected chi connectivity index (χ2v) is 5.74. The average Bonchev–Trinajstić information content (AvgIpc) is 2.97. The Hall–Kier alpha value is -3.09. The number of nitrogens with zero attached hydrogens (tertiary/aromatic N) is 1. The Bertz CT molecular complexity index is 849. The highest BCUT2D eigenvalue weighted by atomic mass is 16.5. The van der Waals surface area contributed by atoms with E-state index in [0.717, 1.165) is 6.42 Å². The van der Waals surface area contributed by atoms with Crippen molar-refractivity contribution in [3.63, 3.8) is 0 Å². The van der Waals surface area contributed by atoms with E-state index >= 15 is 0 Å². The molecule has 1 aliphatic carbocycles. The van der Waals surface area contributed by atoms with Crippen molar-refractivity contribution < 1.29 is 23.8 Å². The maximum Gasteiger partial charge on any atom is 0.372 e. The molecule has 0 radical (unpaired) electrons. The first-order chi connectivity index (χ1) is 12.0. The van der Waals surface area contributed by atoms with Crippen molar-refractivity contribution in [3.05, 3.63) is 52.5 Å². The van der Waals surface area contributed by atoms with Crippen LogP contribution >= 0.6 is 0 Å². The van der Waals surface area contributed by atoms with Crippen molar-refractivity contribution in [2.24, 2.45) is 5.10 Å². The topological polar surface area (TPSA) is 101 Å². The van der Waals surface area contributed by atoms with E-state index < -0.39 is 5.97 Å². The van der Waals surface area contributed by atoms with Gasteiger partial charge in [0.15, 0.2) is 0 Å². The lowest BCUT2D eigenvalue weighted by Gasteiger charge is -2.13. The van der Waals surface area contributed by atoms with Gasteiger partial charge in [0.2, 0.25) is 5.76 Å². The number of hydrogen-bond acceptors (Lipinski definition) is 5. The molecule has 7 heteroatoms. The van der Waals surface area contributed by atoms with Crippen LogP contribution in [0.15, 0.2) is 33.8 Å². The van der Waals surface area contributed by atoms with Gasteiger partial charge in [0.25, 0.3) is 5.91 Å². The predicted molar refractivity (Wildman–Crippen MR) is 90.3 cm³/mol. The number of carbonyl (C=O) groups excluding carboxylic acids is 1. The summed E-state index contributed by atoms with van der Waals surface area (Å²) < 4.78 is 10.5. The van der Waals surface area contributed by atoms with Crippen LogP contribution in [0.2, 0.25) is 0 Å². The number of rotatable bonds is 4. The molecule has 1 heterocycles. The SMILES string of the molecule is COc1ccc(C(=O)N/N=C2\CCCc3oc(C(=O)O)c(C)c32)cc1. The number of amides is 1. The molecule has 7 nitrogen and oxygen atoms in total. The largest absolute Gasteiger partial charge is 0.497 e. The number of carboxylic acid groups (broad SMARTS) is 1. The first kappa shape index (κ1) is 16.8. The molecule has 25 heavy (non-hydrogen) atoms. The standard InChI is InChI=1S/C18H18N2O5/c1-10-15-13(4-3-5-14(15)25-16(10)18(22)23)19-20-17(21)11-6-8-12(24-2)9-7-11/h6-9H,3-5H2,1-2H3,(H,20,21)(H,22,23)/b19-13+. The quantitative estimate of drug-likeness (QED) is 0.832. The molecule has 0 saturated heterocycles. The second kappa shape index (κ2) is 6.80.